The molecule has 0 bridgehead atoms. The fourth-order valence-corrected chi connectivity index (χ4v) is 3.13. The molecule has 2 N–H and O–H groups in total. The molecule has 0 spiro atoms. The Hall–Kier alpha value is -1.85. The molecule has 23 heavy (non-hydrogen) atoms. The smallest absolute Gasteiger partial charge is 0.251 e. The van der Waals surface area contributed by atoms with Gasteiger partial charge in [-0.3, -0.25) is 9.69 Å². The number of H-pyrrole nitrogens is 1. The number of aromatic nitrogens is 1. The van der Waals surface area contributed by atoms with E-state index in [0.717, 1.165) is 55.7 Å². The third-order valence-corrected chi connectivity index (χ3v) is 4.59. The van der Waals surface area contributed by atoms with Crippen LogP contribution in [0.15, 0.2) is 18.2 Å². The van der Waals surface area contributed by atoms with Gasteiger partial charge in [-0.05, 0) is 37.1 Å². The van der Waals surface area contributed by atoms with E-state index in [4.69, 9.17) is 4.74 Å². The standard InChI is InChI=1S/C18H25N3O2/c1-3-16-13(2)15-12-14(4-5-17(15)20-16)18(22)19-6-7-21-8-10-23-11-9-21/h4-5,12,20H,3,6-11H2,1-2H3,(H,19,22). The lowest BCUT2D eigenvalue weighted by Gasteiger charge is -2.26. The number of hydrogen-bond donors (Lipinski definition) is 2. The first-order valence-corrected chi connectivity index (χ1v) is 8.38. The average Bonchev–Trinajstić information content (AvgIpc) is 2.91. The summed E-state index contributed by atoms with van der Waals surface area (Å²) in [7, 11) is 0. The highest BCUT2D eigenvalue weighted by atomic mass is 16.5. The van der Waals surface area contributed by atoms with Crippen LogP contribution in [-0.4, -0.2) is 55.2 Å². The highest BCUT2D eigenvalue weighted by Gasteiger charge is 2.12. The number of fused-ring (bicyclic) bond motifs is 1. The van der Waals surface area contributed by atoms with Gasteiger partial charge in [-0.2, -0.15) is 0 Å². The molecule has 0 unspecified atom stereocenters. The van der Waals surface area contributed by atoms with Gasteiger partial charge in [0, 0.05) is 48.3 Å². The third-order valence-electron chi connectivity index (χ3n) is 4.59. The van der Waals surface area contributed by atoms with E-state index in [1.165, 1.54) is 11.3 Å². The van der Waals surface area contributed by atoms with Crippen LogP contribution in [0.2, 0.25) is 0 Å². The van der Waals surface area contributed by atoms with E-state index in [0.29, 0.717) is 6.54 Å². The number of ether oxygens (including phenoxy) is 1. The van der Waals surface area contributed by atoms with Crippen LogP contribution in [0.4, 0.5) is 0 Å². The highest BCUT2D eigenvalue weighted by molar-refractivity contribution is 5.99. The van der Waals surface area contributed by atoms with Gasteiger partial charge in [-0.1, -0.05) is 6.92 Å². The van der Waals surface area contributed by atoms with Crippen molar-refractivity contribution in [3.8, 4) is 0 Å². The zero-order chi connectivity index (χ0) is 16.2. The van der Waals surface area contributed by atoms with E-state index in [1.807, 2.05) is 18.2 Å². The number of rotatable bonds is 5. The van der Waals surface area contributed by atoms with Gasteiger partial charge in [0.25, 0.3) is 5.91 Å². The molecule has 5 nitrogen and oxygen atoms in total. The molecule has 1 aromatic heterocycles. The van der Waals surface area contributed by atoms with Gasteiger partial charge in [0.05, 0.1) is 13.2 Å². The molecule has 0 saturated carbocycles. The molecule has 0 radical (unpaired) electrons. The van der Waals surface area contributed by atoms with E-state index in [9.17, 15) is 4.79 Å². The molecular weight excluding hydrogens is 290 g/mol. The van der Waals surface area contributed by atoms with Crippen molar-refractivity contribution in [1.29, 1.82) is 0 Å². The van der Waals surface area contributed by atoms with Gasteiger partial charge in [0.1, 0.15) is 0 Å². The van der Waals surface area contributed by atoms with Crippen LogP contribution in [0.1, 0.15) is 28.5 Å². The van der Waals surface area contributed by atoms with E-state index in [1.54, 1.807) is 0 Å². The number of nitrogens with zero attached hydrogens (tertiary/aromatic N) is 1. The number of carbonyl (C=O) groups excluding carboxylic acids is 1. The van der Waals surface area contributed by atoms with E-state index >= 15 is 0 Å². The van der Waals surface area contributed by atoms with Crippen molar-refractivity contribution in [3.05, 3.63) is 35.0 Å². The molecule has 1 amide bonds. The second-order valence-corrected chi connectivity index (χ2v) is 6.05. The third kappa shape index (κ3) is 3.57. The molecule has 1 aliphatic rings. The first-order valence-electron chi connectivity index (χ1n) is 8.38. The number of nitrogens with one attached hydrogen (secondary N) is 2. The Balaban J connectivity index is 1.62. The van der Waals surface area contributed by atoms with Crippen LogP contribution in [0, 0.1) is 6.92 Å². The maximum Gasteiger partial charge on any atom is 0.251 e. The van der Waals surface area contributed by atoms with E-state index < -0.39 is 0 Å². The number of carbonyl (C=O) groups is 1. The first kappa shape index (κ1) is 16.0. The number of amides is 1. The van der Waals surface area contributed by atoms with Crippen molar-refractivity contribution in [2.45, 2.75) is 20.3 Å². The minimum atomic E-state index is -0.00110. The van der Waals surface area contributed by atoms with Gasteiger partial charge in [0.2, 0.25) is 0 Å². The van der Waals surface area contributed by atoms with Crippen LogP contribution in [-0.2, 0) is 11.2 Å². The largest absolute Gasteiger partial charge is 0.379 e. The molecule has 5 heteroatoms. The molecule has 124 valence electrons. The van der Waals surface area contributed by atoms with Crippen LogP contribution >= 0.6 is 0 Å². The van der Waals surface area contributed by atoms with Crippen molar-refractivity contribution in [3.63, 3.8) is 0 Å². The number of aromatic amines is 1. The fourth-order valence-electron chi connectivity index (χ4n) is 3.13. The first-order chi connectivity index (χ1) is 11.2. The molecule has 2 heterocycles. The molecule has 1 fully saturated rings. The topological polar surface area (TPSA) is 57.4 Å². The normalized spacial score (nSPS) is 15.9. The predicted molar refractivity (Wildman–Crippen MR) is 92.0 cm³/mol. The summed E-state index contributed by atoms with van der Waals surface area (Å²) in [6.45, 7) is 9.26. The molecule has 2 aromatic rings. The van der Waals surface area contributed by atoms with Crippen LogP contribution < -0.4 is 5.32 Å². The average molecular weight is 315 g/mol. The Morgan fingerprint density at radius 1 is 1.35 bits per heavy atom. The number of hydrogen-bond acceptors (Lipinski definition) is 3. The van der Waals surface area contributed by atoms with Gasteiger partial charge in [-0.15, -0.1) is 0 Å². The van der Waals surface area contributed by atoms with Gasteiger partial charge < -0.3 is 15.0 Å². The highest BCUT2D eigenvalue weighted by Crippen LogP contribution is 2.23. The molecular formula is C18H25N3O2. The second kappa shape index (κ2) is 7.15. The van der Waals surface area contributed by atoms with Crippen molar-refractivity contribution >= 4 is 16.8 Å². The lowest BCUT2D eigenvalue weighted by atomic mass is 10.1. The summed E-state index contributed by atoms with van der Waals surface area (Å²) in [5.74, 6) is -0.00110. The summed E-state index contributed by atoms with van der Waals surface area (Å²) in [5, 5.41) is 4.16. The summed E-state index contributed by atoms with van der Waals surface area (Å²) in [4.78, 5) is 18.1. The van der Waals surface area contributed by atoms with Gasteiger partial charge in [-0.25, -0.2) is 0 Å². The zero-order valence-electron chi connectivity index (χ0n) is 13.9. The number of morpholine rings is 1. The zero-order valence-corrected chi connectivity index (χ0v) is 13.9. The van der Waals surface area contributed by atoms with Crippen molar-refractivity contribution in [2.24, 2.45) is 0 Å². The molecule has 0 atom stereocenters. The van der Waals surface area contributed by atoms with E-state index in [2.05, 4.69) is 29.0 Å². The Labute approximate surface area is 137 Å². The monoisotopic (exact) mass is 315 g/mol. The van der Waals surface area contributed by atoms with Crippen molar-refractivity contribution in [2.75, 3.05) is 39.4 Å². The van der Waals surface area contributed by atoms with Gasteiger partial charge >= 0.3 is 0 Å². The Morgan fingerprint density at radius 2 is 2.13 bits per heavy atom. The lowest BCUT2D eigenvalue weighted by Crippen LogP contribution is -2.41. The Bertz CT molecular complexity index is 687. The van der Waals surface area contributed by atoms with Crippen LogP contribution in [0.3, 0.4) is 0 Å². The molecule has 0 aliphatic carbocycles. The van der Waals surface area contributed by atoms with Crippen molar-refractivity contribution in [1.82, 2.24) is 15.2 Å². The summed E-state index contributed by atoms with van der Waals surface area (Å²) < 4.78 is 5.33. The number of benzene rings is 1. The van der Waals surface area contributed by atoms with Crippen LogP contribution in [0.5, 0.6) is 0 Å². The summed E-state index contributed by atoms with van der Waals surface area (Å²) in [6.07, 6.45) is 0.974. The van der Waals surface area contributed by atoms with Crippen molar-refractivity contribution < 1.29 is 9.53 Å². The maximum absolute atomic E-state index is 12.4. The van der Waals surface area contributed by atoms with Crippen LogP contribution in [0.25, 0.3) is 10.9 Å². The summed E-state index contributed by atoms with van der Waals surface area (Å²) in [5.41, 5.74) is 4.31. The Kier molecular flexibility index (Phi) is 4.98. The van der Waals surface area contributed by atoms with E-state index in [-0.39, 0.29) is 5.91 Å². The summed E-state index contributed by atoms with van der Waals surface area (Å²) >= 11 is 0. The second-order valence-electron chi connectivity index (χ2n) is 6.05. The fraction of sp³-hybridized carbons (Fsp3) is 0.500. The predicted octanol–water partition coefficient (Wildman–Crippen LogP) is 2.10. The Morgan fingerprint density at radius 3 is 2.87 bits per heavy atom. The molecule has 1 aliphatic heterocycles. The number of aryl methyl sites for hydroxylation is 2. The lowest BCUT2D eigenvalue weighted by molar-refractivity contribution is 0.0383. The molecule has 3 rings (SSSR count). The molecule has 1 aromatic carbocycles. The minimum absolute atomic E-state index is 0.00110. The van der Waals surface area contributed by atoms with Gasteiger partial charge in [0.15, 0.2) is 0 Å². The summed E-state index contributed by atoms with van der Waals surface area (Å²) in [6, 6.07) is 5.88. The SMILES string of the molecule is CCc1[nH]c2ccc(C(=O)NCCN3CCOCC3)cc2c1C. The quantitative estimate of drug-likeness (QED) is 0.888. The minimum Gasteiger partial charge on any atom is -0.379 e. The maximum atomic E-state index is 12.4. The molecule has 1 saturated heterocycles.